The van der Waals surface area contributed by atoms with Gasteiger partial charge in [-0.25, -0.2) is 4.39 Å². The summed E-state index contributed by atoms with van der Waals surface area (Å²) >= 11 is 0. The molecule has 0 saturated carbocycles. The molecule has 140 valence electrons. The molecule has 0 aromatic heterocycles. The third kappa shape index (κ3) is 4.51. The fraction of sp³-hybridized carbons (Fsp3) is 0.0385. The van der Waals surface area contributed by atoms with E-state index in [2.05, 4.69) is 12.1 Å². The average Bonchev–Trinajstić information content (AvgIpc) is 2.77. The third-order valence-corrected chi connectivity index (χ3v) is 4.69. The second-order valence-electron chi connectivity index (χ2n) is 6.72. The van der Waals surface area contributed by atoms with Gasteiger partial charge in [-0.05, 0) is 63.9 Å². The Hall–Kier alpha value is -3.90. The Morgan fingerprint density at radius 1 is 0.862 bits per heavy atom. The molecule has 0 radical (unpaired) electrons. The maximum absolute atomic E-state index is 13.0. The summed E-state index contributed by atoms with van der Waals surface area (Å²) in [6, 6.07) is 30.2. The Balaban J connectivity index is 1.50. The lowest BCUT2D eigenvalue weighted by atomic mass is 10.0. The molecule has 0 spiro atoms. The molecular formula is C26H18FNO. The molecular weight excluding hydrogens is 361 g/mol. The van der Waals surface area contributed by atoms with Crippen LogP contribution in [0.15, 0.2) is 91.0 Å². The van der Waals surface area contributed by atoms with E-state index in [4.69, 9.17) is 4.74 Å². The lowest BCUT2D eigenvalue weighted by Crippen LogP contribution is -1.95. The minimum Gasteiger partial charge on any atom is -0.489 e. The number of rotatable bonds is 5. The van der Waals surface area contributed by atoms with E-state index in [-0.39, 0.29) is 5.82 Å². The van der Waals surface area contributed by atoms with E-state index < -0.39 is 0 Å². The van der Waals surface area contributed by atoms with Crippen LogP contribution in [-0.2, 0) is 6.61 Å². The number of benzene rings is 4. The lowest BCUT2D eigenvalue weighted by molar-refractivity contribution is 0.306. The molecule has 0 amide bonds. The number of hydrogen-bond donors (Lipinski definition) is 0. The molecule has 3 heteroatoms. The first kappa shape index (κ1) is 18.5. The molecule has 0 bridgehead atoms. The molecule has 0 heterocycles. The van der Waals surface area contributed by atoms with Crippen molar-refractivity contribution in [2.75, 3.05) is 0 Å². The molecule has 4 aromatic carbocycles. The predicted molar refractivity (Wildman–Crippen MR) is 115 cm³/mol. The highest BCUT2D eigenvalue weighted by Crippen LogP contribution is 2.24. The monoisotopic (exact) mass is 379 g/mol. The van der Waals surface area contributed by atoms with Gasteiger partial charge in [0, 0.05) is 0 Å². The SMILES string of the molecule is N#C/C(=C/c1ccc(OCc2ccc(F)cc2)cc1)c1ccc2ccccc2c1. The van der Waals surface area contributed by atoms with Gasteiger partial charge in [0.1, 0.15) is 18.2 Å². The Morgan fingerprint density at radius 3 is 2.31 bits per heavy atom. The summed E-state index contributed by atoms with van der Waals surface area (Å²) in [5, 5.41) is 11.9. The van der Waals surface area contributed by atoms with Crippen LogP contribution in [0.1, 0.15) is 16.7 Å². The van der Waals surface area contributed by atoms with Crippen LogP contribution in [0.25, 0.3) is 22.4 Å². The van der Waals surface area contributed by atoms with E-state index in [0.717, 1.165) is 33.2 Å². The standard InChI is InChI=1S/C26H18FNO/c27-25-11-5-20(6-12-25)18-29-26-13-7-19(8-14-26)15-24(17-28)23-10-9-21-3-1-2-4-22(21)16-23/h1-16H,18H2/b24-15-. The van der Waals surface area contributed by atoms with Crippen molar-refractivity contribution in [1.29, 1.82) is 5.26 Å². The normalized spacial score (nSPS) is 11.2. The van der Waals surface area contributed by atoms with E-state index in [9.17, 15) is 9.65 Å². The Bertz CT molecular complexity index is 1200. The predicted octanol–water partition coefficient (Wildman–Crippen LogP) is 6.62. The van der Waals surface area contributed by atoms with Crippen LogP contribution in [0.2, 0.25) is 0 Å². The van der Waals surface area contributed by atoms with Gasteiger partial charge in [-0.3, -0.25) is 0 Å². The van der Waals surface area contributed by atoms with Crippen molar-refractivity contribution in [3.8, 4) is 11.8 Å². The molecule has 29 heavy (non-hydrogen) atoms. The van der Waals surface area contributed by atoms with Gasteiger partial charge in [0.15, 0.2) is 0 Å². The van der Waals surface area contributed by atoms with Gasteiger partial charge in [0.25, 0.3) is 0 Å². The van der Waals surface area contributed by atoms with Gasteiger partial charge in [0.05, 0.1) is 11.6 Å². The number of fused-ring (bicyclic) bond motifs is 1. The number of hydrogen-bond acceptors (Lipinski definition) is 2. The van der Waals surface area contributed by atoms with Crippen molar-refractivity contribution < 1.29 is 9.13 Å². The van der Waals surface area contributed by atoms with Crippen LogP contribution in [0, 0.1) is 17.1 Å². The lowest BCUT2D eigenvalue weighted by Gasteiger charge is -2.07. The minimum atomic E-state index is -0.260. The minimum absolute atomic E-state index is 0.260. The van der Waals surface area contributed by atoms with Gasteiger partial charge in [0.2, 0.25) is 0 Å². The molecule has 0 N–H and O–H groups in total. The van der Waals surface area contributed by atoms with E-state index in [1.807, 2.05) is 66.7 Å². The van der Waals surface area contributed by atoms with Gasteiger partial charge >= 0.3 is 0 Å². The highest BCUT2D eigenvalue weighted by molar-refractivity contribution is 5.94. The van der Waals surface area contributed by atoms with Crippen molar-refractivity contribution in [2.24, 2.45) is 0 Å². The van der Waals surface area contributed by atoms with Crippen LogP contribution >= 0.6 is 0 Å². The van der Waals surface area contributed by atoms with Crippen LogP contribution in [0.3, 0.4) is 0 Å². The zero-order valence-electron chi connectivity index (χ0n) is 15.7. The summed E-state index contributed by atoms with van der Waals surface area (Å²) in [7, 11) is 0. The van der Waals surface area contributed by atoms with Gasteiger partial charge in [-0.2, -0.15) is 5.26 Å². The van der Waals surface area contributed by atoms with Crippen molar-refractivity contribution in [3.05, 3.63) is 114 Å². The fourth-order valence-electron chi connectivity index (χ4n) is 3.11. The number of ether oxygens (including phenoxy) is 1. The maximum Gasteiger partial charge on any atom is 0.123 e. The first-order valence-electron chi connectivity index (χ1n) is 9.29. The smallest absolute Gasteiger partial charge is 0.123 e. The number of nitriles is 1. The summed E-state index contributed by atoms with van der Waals surface area (Å²) in [6.07, 6.45) is 1.87. The topological polar surface area (TPSA) is 33.0 Å². The molecule has 0 aliphatic carbocycles. The molecule has 4 rings (SSSR count). The van der Waals surface area contributed by atoms with Crippen LogP contribution in [0.5, 0.6) is 5.75 Å². The first-order valence-corrected chi connectivity index (χ1v) is 9.29. The second-order valence-corrected chi connectivity index (χ2v) is 6.72. The Morgan fingerprint density at radius 2 is 1.59 bits per heavy atom. The number of allylic oxidation sites excluding steroid dienone is 1. The largest absolute Gasteiger partial charge is 0.489 e. The fourth-order valence-corrected chi connectivity index (χ4v) is 3.11. The molecule has 0 aliphatic heterocycles. The van der Waals surface area contributed by atoms with Crippen LogP contribution in [0.4, 0.5) is 4.39 Å². The molecule has 0 atom stereocenters. The Labute approximate surface area is 169 Å². The van der Waals surface area contributed by atoms with Gasteiger partial charge in [-0.1, -0.05) is 60.7 Å². The van der Waals surface area contributed by atoms with Crippen molar-refractivity contribution in [2.45, 2.75) is 6.61 Å². The van der Waals surface area contributed by atoms with Crippen LogP contribution in [-0.4, -0.2) is 0 Å². The summed E-state index contributed by atoms with van der Waals surface area (Å²) < 4.78 is 18.7. The van der Waals surface area contributed by atoms with Gasteiger partial charge in [-0.15, -0.1) is 0 Å². The maximum atomic E-state index is 13.0. The quantitative estimate of drug-likeness (QED) is 0.288. The molecule has 0 aliphatic rings. The second kappa shape index (κ2) is 8.41. The summed E-state index contributed by atoms with van der Waals surface area (Å²) in [4.78, 5) is 0. The molecule has 2 nitrogen and oxygen atoms in total. The van der Waals surface area contributed by atoms with Gasteiger partial charge < -0.3 is 4.74 Å². The van der Waals surface area contributed by atoms with E-state index >= 15 is 0 Å². The van der Waals surface area contributed by atoms with E-state index in [1.165, 1.54) is 12.1 Å². The summed E-state index contributed by atoms with van der Waals surface area (Å²) in [5.74, 6) is 0.459. The first-order chi connectivity index (χ1) is 14.2. The van der Waals surface area contributed by atoms with Crippen molar-refractivity contribution in [3.63, 3.8) is 0 Å². The highest BCUT2D eigenvalue weighted by Gasteiger charge is 2.04. The van der Waals surface area contributed by atoms with Crippen LogP contribution < -0.4 is 4.74 Å². The van der Waals surface area contributed by atoms with Crippen molar-refractivity contribution in [1.82, 2.24) is 0 Å². The number of halogens is 1. The number of nitrogens with zero attached hydrogens (tertiary/aromatic N) is 1. The van der Waals surface area contributed by atoms with Crippen molar-refractivity contribution >= 4 is 22.4 Å². The molecule has 4 aromatic rings. The summed E-state index contributed by atoms with van der Waals surface area (Å²) in [5.41, 5.74) is 3.32. The molecule has 0 unspecified atom stereocenters. The van der Waals surface area contributed by atoms with E-state index in [0.29, 0.717) is 12.2 Å². The summed E-state index contributed by atoms with van der Waals surface area (Å²) in [6.45, 7) is 0.371. The zero-order valence-corrected chi connectivity index (χ0v) is 15.7. The average molecular weight is 379 g/mol. The highest BCUT2D eigenvalue weighted by atomic mass is 19.1. The zero-order chi connectivity index (χ0) is 20.1. The molecule has 0 saturated heterocycles. The Kier molecular flexibility index (Phi) is 5.36. The van der Waals surface area contributed by atoms with E-state index in [1.54, 1.807) is 12.1 Å². The third-order valence-electron chi connectivity index (χ3n) is 4.69. The molecule has 0 fully saturated rings.